The van der Waals surface area contributed by atoms with Crippen molar-refractivity contribution >= 4 is 11.6 Å². The smallest absolute Gasteiger partial charge is 0.193 e. The molecule has 0 radical (unpaired) electrons. The number of nitrogens with zero attached hydrogens (tertiary/aromatic N) is 1. The number of benzene rings is 1. The molecule has 2 aliphatic carbocycles. The second kappa shape index (κ2) is 5.04. The molecule has 5 heteroatoms. The van der Waals surface area contributed by atoms with Crippen LogP contribution < -0.4 is 11.1 Å². The number of nitrogens with two attached hydrogens (primary N) is 1. The fourth-order valence-corrected chi connectivity index (χ4v) is 3.04. The van der Waals surface area contributed by atoms with Gasteiger partial charge in [0.15, 0.2) is 5.96 Å². The molecule has 1 aromatic rings. The molecule has 0 saturated heterocycles. The van der Waals surface area contributed by atoms with Crippen LogP contribution in [0.2, 0.25) is 0 Å². The summed E-state index contributed by atoms with van der Waals surface area (Å²) in [5.41, 5.74) is 6.14. The Morgan fingerprint density at radius 3 is 2.70 bits per heavy atom. The molecule has 3 N–H and O–H groups in total. The van der Waals surface area contributed by atoms with E-state index in [2.05, 4.69) is 10.3 Å². The molecular formula is C15H19F2N3. The minimum Gasteiger partial charge on any atom is -0.370 e. The zero-order chi connectivity index (χ0) is 14.2. The van der Waals surface area contributed by atoms with Gasteiger partial charge in [0.1, 0.15) is 11.6 Å². The molecule has 108 valence electrons. The highest BCUT2D eigenvalue weighted by molar-refractivity contribution is 5.92. The third-order valence-electron chi connectivity index (χ3n) is 4.55. The van der Waals surface area contributed by atoms with E-state index in [1.165, 1.54) is 32.1 Å². The van der Waals surface area contributed by atoms with E-state index in [4.69, 9.17) is 5.73 Å². The van der Waals surface area contributed by atoms with Crippen LogP contribution in [0.3, 0.4) is 0 Å². The Bertz CT molecular complexity index is 534. The summed E-state index contributed by atoms with van der Waals surface area (Å²) in [6.45, 7) is 0.688. The molecule has 2 saturated carbocycles. The van der Waals surface area contributed by atoms with Gasteiger partial charge >= 0.3 is 0 Å². The molecule has 1 aromatic carbocycles. The first-order chi connectivity index (χ1) is 9.59. The van der Waals surface area contributed by atoms with Gasteiger partial charge < -0.3 is 11.1 Å². The van der Waals surface area contributed by atoms with Gasteiger partial charge in [-0.3, -0.25) is 4.99 Å². The van der Waals surface area contributed by atoms with Crippen LogP contribution in [0.1, 0.15) is 32.1 Å². The topological polar surface area (TPSA) is 50.4 Å². The van der Waals surface area contributed by atoms with E-state index in [1.807, 2.05) is 0 Å². The monoisotopic (exact) mass is 279 g/mol. The largest absolute Gasteiger partial charge is 0.370 e. The minimum atomic E-state index is -0.537. The molecule has 0 aromatic heterocycles. The van der Waals surface area contributed by atoms with Crippen molar-refractivity contribution in [3.05, 3.63) is 29.8 Å². The number of halogens is 2. The summed E-state index contributed by atoms with van der Waals surface area (Å²) in [4.78, 5) is 4.34. The summed E-state index contributed by atoms with van der Waals surface area (Å²) >= 11 is 0. The average molecular weight is 279 g/mol. The van der Waals surface area contributed by atoms with Crippen molar-refractivity contribution in [3.63, 3.8) is 0 Å². The van der Waals surface area contributed by atoms with Crippen LogP contribution in [0.5, 0.6) is 0 Å². The molecule has 0 aliphatic heterocycles. The molecule has 0 bridgehead atoms. The summed E-state index contributed by atoms with van der Waals surface area (Å²) in [6, 6.07) is 3.23. The van der Waals surface area contributed by atoms with Crippen molar-refractivity contribution in [2.75, 3.05) is 11.9 Å². The third kappa shape index (κ3) is 2.62. The highest BCUT2D eigenvalue weighted by Gasteiger charge is 2.48. The van der Waals surface area contributed by atoms with Crippen LogP contribution in [-0.4, -0.2) is 12.5 Å². The van der Waals surface area contributed by atoms with E-state index in [9.17, 15) is 8.78 Å². The minimum absolute atomic E-state index is 0.0281. The van der Waals surface area contributed by atoms with E-state index >= 15 is 0 Å². The molecule has 2 aliphatic rings. The number of aliphatic imine (C=N–C) groups is 1. The normalized spacial score (nSPS) is 21.4. The maximum absolute atomic E-state index is 13.5. The van der Waals surface area contributed by atoms with Gasteiger partial charge in [-0.25, -0.2) is 8.78 Å². The second-order valence-electron chi connectivity index (χ2n) is 5.94. The number of hydrogen-bond donors (Lipinski definition) is 2. The second-order valence-corrected chi connectivity index (χ2v) is 5.94. The number of hydrogen-bond acceptors (Lipinski definition) is 1. The molecule has 3 rings (SSSR count). The molecule has 0 heterocycles. The molecule has 2 fully saturated rings. The van der Waals surface area contributed by atoms with Gasteiger partial charge in [0.2, 0.25) is 0 Å². The van der Waals surface area contributed by atoms with E-state index in [0.29, 0.717) is 12.0 Å². The van der Waals surface area contributed by atoms with Gasteiger partial charge in [0, 0.05) is 12.6 Å². The van der Waals surface area contributed by atoms with Crippen molar-refractivity contribution in [2.45, 2.75) is 32.1 Å². The lowest BCUT2D eigenvalue weighted by atomic mass is 9.65. The Kier molecular flexibility index (Phi) is 3.36. The lowest BCUT2D eigenvalue weighted by Crippen LogP contribution is -2.36. The number of anilines is 1. The lowest BCUT2D eigenvalue weighted by Gasteiger charge is -2.41. The summed E-state index contributed by atoms with van der Waals surface area (Å²) in [6.07, 6.45) is 6.27. The summed E-state index contributed by atoms with van der Waals surface area (Å²) in [7, 11) is 0. The zero-order valence-corrected chi connectivity index (χ0v) is 11.3. The first-order valence-electron chi connectivity index (χ1n) is 7.11. The first kappa shape index (κ1) is 13.3. The summed E-state index contributed by atoms with van der Waals surface area (Å²) < 4.78 is 26.5. The number of rotatable bonds is 4. The average Bonchev–Trinajstić information content (AvgIpc) is 3.17. The summed E-state index contributed by atoms with van der Waals surface area (Å²) in [5.74, 6) is -0.0969. The van der Waals surface area contributed by atoms with Crippen molar-refractivity contribution in [3.8, 4) is 0 Å². The van der Waals surface area contributed by atoms with Crippen LogP contribution in [-0.2, 0) is 0 Å². The number of guanidine groups is 1. The van der Waals surface area contributed by atoms with Crippen molar-refractivity contribution in [2.24, 2.45) is 22.1 Å². The van der Waals surface area contributed by atoms with E-state index in [1.54, 1.807) is 0 Å². The van der Waals surface area contributed by atoms with Gasteiger partial charge in [-0.1, -0.05) is 6.42 Å². The van der Waals surface area contributed by atoms with Crippen LogP contribution in [0.4, 0.5) is 14.5 Å². The van der Waals surface area contributed by atoms with E-state index < -0.39 is 11.6 Å². The fourth-order valence-electron chi connectivity index (χ4n) is 3.04. The molecule has 0 atom stereocenters. The number of nitrogens with one attached hydrogen (secondary N) is 1. The molecule has 20 heavy (non-hydrogen) atoms. The standard InChI is InChI=1S/C15H19F2N3/c16-11-4-5-12(17)13(8-11)20-14(18)19-9-15(6-1-7-15)10-2-3-10/h4-5,8,10H,1-3,6-7,9H2,(H3,18,19,20). The predicted molar refractivity (Wildman–Crippen MR) is 75.5 cm³/mol. The lowest BCUT2D eigenvalue weighted by molar-refractivity contribution is 0.113. The fraction of sp³-hybridized carbons (Fsp3) is 0.533. The molecule has 0 unspecified atom stereocenters. The Labute approximate surface area is 117 Å². The van der Waals surface area contributed by atoms with Gasteiger partial charge in [-0.05, 0) is 49.1 Å². The SMILES string of the molecule is NC(=NCC1(C2CC2)CCC1)Nc1cc(F)ccc1F. The highest BCUT2D eigenvalue weighted by Crippen LogP contribution is 2.57. The van der Waals surface area contributed by atoms with E-state index in [-0.39, 0.29) is 11.6 Å². The maximum Gasteiger partial charge on any atom is 0.193 e. The Hall–Kier alpha value is -1.65. The Balaban J connectivity index is 1.65. The zero-order valence-electron chi connectivity index (χ0n) is 11.3. The summed E-state index contributed by atoms with van der Waals surface area (Å²) in [5, 5.41) is 2.64. The van der Waals surface area contributed by atoms with Gasteiger partial charge in [-0.15, -0.1) is 0 Å². The van der Waals surface area contributed by atoms with Crippen molar-refractivity contribution < 1.29 is 8.78 Å². The highest BCUT2D eigenvalue weighted by atomic mass is 19.1. The van der Waals surface area contributed by atoms with Gasteiger partial charge in [0.05, 0.1) is 5.69 Å². The Morgan fingerprint density at radius 2 is 2.10 bits per heavy atom. The molecule has 0 amide bonds. The van der Waals surface area contributed by atoms with Crippen LogP contribution >= 0.6 is 0 Å². The van der Waals surface area contributed by atoms with Crippen molar-refractivity contribution in [1.29, 1.82) is 0 Å². The third-order valence-corrected chi connectivity index (χ3v) is 4.55. The van der Waals surface area contributed by atoms with Gasteiger partial charge in [0.25, 0.3) is 0 Å². The van der Waals surface area contributed by atoms with Crippen LogP contribution in [0.25, 0.3) is 0 Å². The molecule has 3 nitrogen and oxygen atoms in total. The molecular weight excluding hydrogens is 260 g/mol. The van der Waals surface area contributed by atoms with E-state index in [0.717, 1.165) is 24.1 Å². The quantitative estimate of drug-likeness (QED) is 0.656. The molecule has 0 spiro atoms. The van der Waals surface area contributed by atoms with Crippen LogP contribution in [0, 0.1) is 23.0 Å². The van der Waals surface area contributed by atoms with Crippen LogP contribution in [0.15, 0.2) is 23.2 Å². The van der Waals surface area contributed by atoms with Crippen molar-refractivity contribution in [1.82, 2.24) is 0 Å². The Morgan fingerprint density at radius 1 is 1.35 bits per heavy atom. The first-order valence-corrected chi connectivity index (χ1v) is 7.11. The predicted octanol–water partition coefficient (Wildman–Crippen LogP) is 3.27. The van der Waals surface area contributed by atoms with Gasteiger partial charge in [-0.2, -0.15) is 0 Å². The maximum atomic E-state index is 13.5.